The fourth-order valence-corrected chi connectivity index (χ4v) is 9.58. The molecule has 0 bridgehead atoms. The van der Waals surface area contributed by atoms with Gasteiger partial charge in [-0.1, -0.05) is 97.1 Å². The van der Waals surface area contributed by atoms with Crippen LogP contribution in [-0.4, -0.2) is 9.38 Å². The summed E-state index contributed by atoms with van der Waals surface area (Å²) >= 11 is 0. The van der Waals surface area contributed by atoms with Gasteiger partial charge in [-0.15, -0.1) is 0 Å². The van der Waals surface area contributed by atoms with E-state index in [-0.39, 0.29) is 5.56 Å². The maximum atomic E-state index is 14.1. The molecular weight excluding hydrogens is 572 g/mol. The number of pyridine rings is 1. The van der Waals surface area contributed by atoms with Crippen LogP contribution in [0.15, 0.2) is 126 Å². The molecule has 3 heteroatoms. The number of imidazole rings is 1. The van der Waals surface area contributed by atoms with Gasteiger partial charge in [-0.05, 0) is 117 Å². The van der Waals surface area contributed by atoms with Crippen molar-refractivity contribution in [2.45, 2.75) is 0 Å². The second-order valence-corrected chi connectivity index (χ2v) is 13.3. The summed E-state index contributed by atoms with van der Waals surface area (Å²) in [4.78, 5) is 19.1. The molecule has 0 atom stereocenters. The molecule has 1 aliphatic carbocycles. The predicted molar refractivity (Wildman–Crippen MR) is 197 cm³/mol. The Bertz CT molecular complexity index is 3350. The summed E-state index contributed by atoms with van der Waals surface area (Å²) < 4.78 is 1.79. The third-order valence-corrected chi connectivity index (χ3v) is 11.4. The molecule has 0 aliphatic heterocycles. The molecule has 0 N–H and O–H groups in total. The molecule has 1 aliphatic rings. The van der Waals surface area contributed by atoms with E-state index in [4.69, 9.17) is 4.98 Å². The summed E-state index contributed by atoms with van der Waals surface area (Å²) in [6.07, 6.45) is 0. The molecule has 0 amide bonds. The lowest BCUT2D eigenvalue weighted by Gasteiger charge is -2.20. The van der Waals surface area contributed by atoms with Gasteiger partial charge in [0.05, 0.1) is 11.0 Å². The summed E-state index contributed by atoms with van der Waals surface area (Å²) in [6.45, 7) is 0. The van der Waals surface area contributed by atoms with Crippen LogP contribution in [0.5, 0.6) is 0 Å². The summed E-state index contributed by atoms with van der Waals surface area (Å²) in [6, 6.07) is 44.1. The summed E-state index contributed by atoms with van der Waals surface area (Å²) in [7, 11) is 0. The van der Waals surface area contributed by atoms with Crippen LogP contribution in [-0.2, 0) is 0 Å². The van der Waals surface area contributed by atoms with Crippen LogP contribution >= 0.6 is 0 Å². The fraction of sp³-hybridized carbons (Fsp3) is 0. The molecule has 13 rings (SSSR count). The van der Waals surface area contributed by atoms with E-state index in [1.165, 1.54) is 86.9 Å². The number of benzene rings is 10. The van der Waals surface area contributed by atoms with Crippen molar-refractivity contribution in [3.05, 3.63) is 132 Å². The topological polar surface area (TPSA) is 34.4 Å². The lowest BCUT2D eigenvalue weighted by Crippen LogP contribution is -2.13. The molecule has 47 heavy (non-hydrogen) atoms. The smallest absolute Gasteiger partial charge is 0.264 e. The number of nitrogens with zero attached hydrogens (tertiary/aromatic N) is 2. The summed E-state index contributed by atoms with van der Waals surface area (Å²) in [5, 5.41) is 19.3. The predicted octanol–water partition coefficient (Wildman–Crippen LogP) is 11.0. The molecule has 0 saturated heterocycles. The molecule has 0 spiro atoms. The average Bonchev–Trinajstić information content (AvgIpc) is 3.68. The van der Waals surface area contributed by atoms with Crippen LogP contribution in [0.3, 0.4) is 0 Å². The first-order valence-corrected chi connectivity index (χ1v) is 16.2. The van der Waals surface area contributed by atoms with Gasteiger partial charge in [-0.2, -0.15) is 0 Å². The fourth-order valence-electron chi connectivity index (χ4n) is 9.58. The van der Waals surface area contributed by atoms with Crippen molar-refractivity contribution in [3.63, 3.8) is 0 Å². The zero-order valence-corrected chi connectivity index (χ0v) is 24.8. The lowest BCUT2D eigenvalue weighted by molar-refractivity contribution is 1.19. The van der Waals surface area contributed by atoms with E-state index >= 15 is 0 Å². The Kier molecular flexibility index (Phi) is 3.62. The summed E-state index contributed by atoms with van der Waals surface area (Å²) in [5.74, 6) is 0. The molecule has 2 aromatic heterocycles. The van der Waals surface area contributed by atoms with Crippen molar-refractivity contribution < 1.29 is 0 Å². The van der Waals surface area contributed by atoms with Crippen LogP contribution < -0.4 is 5.56 Å². The van der Waals surface area contributed by atoms with Crippen LogP contribution in [0.25, 0.3) is 125 Å². The van der Waals surface area contributed by atoms with E-state index in [9.17, 15) is 4.79 Å². The molecule has 2 heterocycles. The molecular formula is C44H20N2O. The molecule has 212 valence electrons. The minimum atomic E-state index is -0.0103. The van der Waals surface area contributed by atoms with Crippen molar-refractivity contribution in [2.75, 3.05) is 0 Å². The van der Waals surface area contributed by atoms with Gasteiger partial charge in [0, 0.05) is 16.2 Å². The first-order valence-electron chi connectivity index (χ1n) is 16.2. The number of para-hydroxylation sites is 2. The Morgan fingerprint density at radius 3 is 1.32 bits per heavy atom. The first-order chi connectivity index (χ1) is 23.3. The lowest BCUT2D eigenvalue weighted by atomic mass is 9.82. The van der Waals surface area contributed by atoms with Crippen molar-refractivity contribution in [1.29, 1.82) is 0 Å². The second-order valence-electron chi connectivity index (χ2n) is 13.3. The van der Waals surface area contributed by atoms with Crippen molar-refractivity contribution in [3.8, 4) is 22.3 Å². The third kappa shape index (κ3) is 2.39. The second kappa shape index (κ2) is 7.38. The Morgan fingerprint density at radius 1 is 0.362 bits per heavy atom. The average molecular weight is 593 g/mol. The minimum absolute atomic E-state index is 0.0103. The molecule has 0 saturated carbocycles. The summed E-state index contributed by atoms with van der Waals surface area (Å²) in [5.41, 5.74) is 7.73. The first kappa shape index (κ1) is 23.1. The Labute approximate surface area is 265 Å². The molecule has 0 unspecified atom stereocenters. The maximum absolute atomic E-state index is 14.1. The zero-order valence-electron chi connectivity index (χ0n) is 24.8. The van der Waals surface area contributed by atoms with Crippen LogP contribution in [0.4, 0.5) is 0 Å². The standard InChI is InChI=1S/C44H20N2O/c47-44-34-20-18-32-30-16-14-28-26-12-10-24-22-6-2-1-5-21(22)23-9-11-25(38(26)37(23)24)27-13-15-29(40(30)39(27)28)31-17-19-33(42(34)41(31)32)43-45-35-7-3-4-8-36(35)46(43)44/h1-20H. The van der Waals surface area contributed by atoms with Gasteiger partial charge in [-0.25, -0.2) is 4.98 Å². The molecule has 10 aromatic carbocycles. The normalized spacial score (nSPS) is 13.2. The highest BCUT2D eigenvalue weighted by Gasteiger charge is 2.26. The molecule has 12 aromatic rings. The monoisotopic (exact) mass is 592 g/mol. The van der Waals surface area contributed by atoms with E-state index < -0.39 is 0 Å². The molecule has 0 fully saturated rings. The molecule has 3 nitrogen and oxygen atoms in total. The third-order valence-electron chi connectivity index (χ3n) is 11.4. The number of aromatic nitrogens is 2. The highest BCUT2D eigenvalue weighted by Crippen LogP contribution is 2.53. The minimum Gasteiger partial charge on any atom is -0.268 e. The Morgan fingerprint density at radius 2 is 0.766 bits per heavy atom. The van der Waals surface area contributed by atoms with Gasteiger partial charge in [0.15, 0.2) is 0 Å². The van der Waals surface area contributed by atoms with E-state index in [1.54, 1.807) is 4.40 Å². The van der Waals surface area contributed by atoms with Crippen LogP contribution in [0.1, 0.15) is 0 Å². The van der Waals surface area contributed by atoms with Crippen molar-refractivity contribution >= 4 is 103 Å². The quantitative estimate of drug-likeness (QED) is 0.130. The number of fused-ring (bicyclic) bond motifs is 11. The van der Waals surface area contributed by atoms with E-state index in [0.717, 1.165) is 38.2 Å². The van der Waals surface area contributed by atoms with Gasteiger partial charge in [0.2, 0.25) is 0 Å². The number of rotatable bonds is 0. The maximum Gasteiger partial charge on any atom is 0.264 e. The van der Waals surface area contributed by atoms with E-state index in [2.05, 4.69) is 91.0 Å². The number of hydrogen-bond acceptors (Lipinski definition) is 2. The van der Waals surface area contributed by atoms with Crippen molar-refractivity contribution in [2.24, 2.45) is 0 Å². The van der Waals surface area contributed by atoms with Gasteiger partial charge >= 0.3 is 0 Å². The van der Waals surface area contributed by atoms with E-state index in [0.29, 0.717) is 0 Å². The van der Waals surface area contributed by atoms with Gasteiger partial charge in [0.1, 0.15) is 5.65 Å². The highest BCUT2D eigenvalue weighted by atomic mass is 16.1. The van der Waals surface area contributed by atoms with Gasteiger partial charge in [-0.3, -0.25) is 9.20 Å². The Hall–Kier alpha value is -6.32. The number of hydrogen-bond donors (Lipinski definition) is 0. The largest absolute Gasteiger partial charge is 0.268 e. The Balaban J connectivity index is 1.24. The SMILES string of the molecule is O=c1c2ccc3c4ccc5c6ccc7c8c(ccc(c9ccc(c%10ccc(c2c3%10)c2nc3ccccc3n12)c4c59)c86)-c1ccccc1-7. The van der Waals surface area contributed by atoms with Crippen molar-refractivity contribution in [1.82, 2.24) is 9.38 Å². The van der Waals surface area contributed by atoms with E-state index in [1.807, 2.05) is 30.3 Å². The zero-order chi connectivity index (χ0) is 30.3. The highest BCUT2D eigenvalue weighted by molar-refractivity contribution is 6.45. The van der Waals surface area contributed by atoms with Gasteiger partial charge < -0.3 is 0 Å². The van der Waals surface area contributed by atoms with Crippen LogP contribution in [0.2, 0.25) is 0 Å². The molecule has 0 radical (unpaired) electrons. The van der Waals surface area contributed by atoms with Crippen LogP contribution in [0, 0.1) is 0 Å². The van der Waals surface area contributed by atoms with Gasteiger partial charge in [0.25, 0.3) is 5.56 Å².